The first kappa shape index (κ1) is 14.3. The molecule has 1 atom stereocenters. The van der Waals surface area contributed by atoms with Gasteiger partial charge in [0.05, 0.1) is 11.5 Å². The van der Waals surface area contributed by atoms with Crippen LogP contribution in [-0.4, -0.2) is 28.3 Å². The average molecular weight is 322 g/mol. The van der Waals surface area contributed by atoms with Crippen LogP contribution in [0.3, 0.4) is 0 Å². The molecule has 0 N–H and O–H groups in total. The highest BCUT2D eigenvalue weighted by molar-refractivity contribution is 7.97. The zero-order chi connectivity index (χ0) is 15.1. The second kappa shape index (κ2) is 4.96. The summed E-state index contributed by atoms with van der Waals surface area (Å²) in [5.41, 5.74) is 0.545. The minimum absolute atomic E-state index is 0.229. The van der Waals surface area contributed by atoms with E-state index in [-0.39, 0.29) is 11.5 Å². The SMILES string of the molecule is O=S1(=O)CC=CS(=O)(=O)C(c2cccc3ccccc23)C1. The first-order valence-electron chi connectivity index (χ1n) is 6.48. The van der Waals surface area contributed by atoms with Crippen molar-refractivity contribution in [2.45, 2.75) is 5.25 Å². The maximum atomic E-state index is 12.4. The van der Waals surface area contributed by atoms with Gasteiger partial charge in [-0.15, -0.1) is 0 Å². The van der Waals surface area contributed by atoms with Crippen LogP contribution in [0.15, 0.2) is 53.9 Å². The van der Waals surface area contributed by atoms with E-state index in [1.165, 1.54) is 6.08 Å². The van der Waals surface area contributed by atoms with E-state index in [1.54, 1.807) is 12.1 Å². The van der Waals surface area contributed by atoms with Gasteiger partial charge < -0.3 is 0 Å². The Balaban J connectivity index is 2.27. The fourth-order valence-corrected chi connectivity index (χ4v) is 6.39. The molecule has 2 aromatic carbocycles. The third kappa shape index (κ3) is 2.73. The summed E-state index contributed by atoms with van der Waals surface area (Å²) in [5.74, 6) is -0.607. The van der Waals surface area contributed by atoms with E-state index in [4.69, 9.17) is 0 Å². The third-order valence-electron chi connectivity index (χ3n) is 3.61. The Bertz CT molecular complexity index is 920. The number of rotatable bonds is 1. The summed E-state index contributed by atoms with van der Waals surface area (Å²) >= 11 is 0. The fraction of sp³-hybridized carbons (Fsp3) is 0.200. The van der Waals surface area contributed by atoms with Crippen LogP contribution in [0, 0.1) is 0 Å². The van der Waals surface area contributed by atoms with Crippen LogP contribution in [-0.2, 0) is 19.7 Å². The van der Waals surface area contributed by atoms with E-state index >= 15 is 0 Å². The summed E-state index contributed by atoms with van der Waals surface area (Å²) in [4.78, 5) is 0. The first-order chi connectivity index (χ1) is 9.89. The molecule has 0 radical (unpaired) electrons. The van der Waals surface area contributed by atoms with Gasteiger partial charge in [0.2, 0.25) is 0 Å². The van der Waals surface area contributed by atoms with Crippen molar-refractivity contribution in [3.63, 3.8) is 0 Å². The molecule has 0 fully saturated rings. The predicted molar refractivity (Wildman–Crippen MR) is 83.4 cm³/mol. The van der Waals surface area contributed by atoms with Crippen LogP contribution in [0.5, 0.6) is 0 Å². The molecule has 4 nitrogen and oxygen atoms in total. The Morgan fingerprint density at radius 2 is 1.62 bits per heavy atom. The molecule has 0 aliphatic carbocycles. The number of sulfone groups is 2. The normalized spacial score (nSPS) is 23.7. The second-order valence-electron chi connectivity index (χ2n) is 5.09. The molecule has 1 heterocycles. The molecule has 110 valence electrons. The van der Waals surface area contributed by atoms with Gasteiger partial charge in [0.25, 0.3) is 0 Å². The molecular formula is C15H14O4S2. The van der Waals surface area contributed by atoms with Gasteiger partial charge in [-0.25, -0.2) is 16.8 Å². The van der Waals surface area contributed by atoms with Gasteiger partial charge in [-0.05, 0) is 16.3 Å². The molecular weight excluding hydrogens is 308 g/mol. The van der Waals surface area contributed by atoms with E-state index in [9.17, 15) is 16.8 Å². The van der Waals surface area contributed by atoms with Gasteiger partial charge in [0.1, 0.15) is 5.25 Å². The summed E-state index contributed by atoms with van der Waals surface area (Å²) in [6, 6.07) is 12.7. The minimum atomic E-state index is -3.64. The lowest BCUT2D eigenvalue weighted by atomic mass is 10.0. The molecule has 1 aliphatic heterocycles. The predicted octanol–water partition coefficient (Wildman–Crippen LogP) is 2.24. The number of hydrogen-bond acceptors (Lipinski definition) is 4. The van der Waals surface area contributed by atoms with Crippen LogP contribution in [0.4, 0.5) is 0 Å². The Hall–Kier alpha value is -1.66. The number of fused-ring (bicyclic) bond motifs is 1. The highest BCUT2D eigenvalue weighted by atomic mass is 32.2. The standard InChI is InChI=1S/C15H14O4S2/c16-20(17)9-4-10-21(18,19)15(11-20)14-8-3-6-12-5-1-2-7-13(12)14/h1-8,10,15H,9,11H2. The Morgan fingerprint density at radius 3 is 2.43 bits per heavy atom. The van der Waals surface area contributed by atoms with E-state index in [0.29, 0.717) is 5.56 Å². The lowest BCUT2D eigenvalue weighted by Gasteiger charge is -2.16. The van der Waals surface area contributed by atoms with Crippen LogP contribution < -0.4 is 0 Å². The van der Waals surface area contributed by atoms with Gasteiger partial charge >= 0.3 is 0 Å². The summed E-state index contributed by atoms with van der Waals surface area (Å²) < 4.78 is 48.7. The van der Waals surface area contributed by atoms with Crippen molar-refractivity contribution in [2.75, 3.05) is 11.5 Å². The first-order valence-corrected chi connectivity index (χ1v) is 9.91. The van der Waals surface area contributed by atoms with Crippen molar-refractivity contribution >= 4 is 30.4 Å². The van der Waals surface area contributed by atoms with Crippen LogP contribution in [0.1, 0.15) is 10.8 Å². The van der Waals surface area contributed by atoms with Gasteiger partial charge in [0, 0.05) is 5.41 Å². The molecule has 3 rings (SSSR count). The monoisotopic (exact) mass is 322 g/mol. The highest BCUT2D eigenvalue weighted by Crippen LogP contribution is 2.33. The molecule has 0 amide bonds. The van der Waals surface area contributed by atoms with Crippen molar-refractivity contribution in [2.24, 2.45) is 0 Å². The van der Waals surface area contributed by atoms with Crippen molar-refractivity contribution in [3.05, 3.63) is 59.5 Å². The second-order valence-corrected chi connectivity index (χ2v) is 9.27. The molecule has 2 aromatic rings. The molecule has 21 heavy (non-hydrogen) atoms. The summed E-state index contributed by atoms with van der Waals surface area (Å²) in [5, 5.41) is 1.66. The van der Waals surface area contributed by atoms with Crippen molar-refractivity contribution in [1.29, 1.82) is 0 Å². The molecule has 1 unspecified atom stereocenters. The minimum Gasteiger partial charge on any atom is -0.228 e. The highest BCUT2D eigenvalue weighted by Gasteiger charge is 2.33. The maximum Gasteiger partial charge on any atom is 0.179 e. The maximum absolute atomic E-state index is 12.4. The van der Waals surface area contributed by atoms with Gasteiger partial charge in [0.15, 0.2) is 19.7 Å². The molecule has 1 aliphatic rings. The zero-order valence-electron chi connectivity index (χ0n) is 11.1. The molecule has 0 bridgehead atoms. The summed E-state index contributed by atoms with van der Waals surface area (Å²) in [6.07, 6.45) is 1.22. The number of hydrogen-bond donors (Lipinski definition) is 0. The van der Waals surface area contributed by atoms with Crippen LogP contribution in [0.25, 0.3) is 10.8 Å². The van der Waals surface area contributed by atoms with E-state index in [2.05, 4.69) is 0 Å². The lowest BCUT2D eigenvalue weighted by Crippen LogP contribution is -2.20. The third-order valence-corrected chi connectivity index (χ3v) is 7.15. The molecule has 0 saturated heterocycles. The molecule has 0 saturated carbocycles. The van der Waals surface area contributed by atoms with Crippen molar-refractivity contribution in [1.82, 2.24) is 0 Å². The summed E-state index contributed by atoms with van der Waals surface area (Å²) in [6.45, 7) is 0. The topological polar surface area (TPSA) is 68.3 Å². The molecule has 0 spiro atoms. The zero-order valence-corrected chi connectivity index (χ0v) is 12.8. The van der Waals surface area contributed by atoms with Gasteiger partial charge in [-0.1, -0.05) is 48.5 Å². The van der Waals surface area contributed by atoms with E-state index in [1.807, 2.05) is 30.3 Å². The Kier molecular flexibility index (Phi) is 3.37. The van der Waals surface area contributed by atoms with Crippen LogP contribution >= 0.6 is 0 Å². The smallest absolute Gasteiger partial charge is 0.179 e. The fourth-order valence-electron chi connectivity index (χ4n) is 2.61. The summed E-state index contributed by atoms with van der Waals surface area (Å²) in [7, 11) is -7.06. The lowest BCUT2D eigenvalue weighted by molar-refractivity contribution is 0.584. The molecule has 0 aromatic heterocycles. The van der Waals surface area contributed by atoms with Gasteiger partial charge in [-0.2, -0.15) is 0 Å². The Labute approximate surface area is 123 Å². The van der Waals surface area contributed by atoms with E-state index in [0.717, 1.165) is 16.2 Å². The largest absolute Gasteiger partial charge is 0.228 e. The van der Waals surface area contributed by atoms with Crippen LogP contribution in [0.2, 0.25) is 0 Å². The van der Waals surface area contributed by atoms with Gasteiger partial charge in [-0.3, -0.25) is 0 Å². The quantitative estimate of drug-likeness (QED) is 0.807. The van der Waals surface area contributed by atoms with E-state index < -0.39 is 24.9 Å². The number of benzene rings is 2. The molecule has 6 heteroatoms. The Morgan fingerprint density at radius 1 is 0.905 bits per heavy atom. The van der Waals surface area contributed by atoms with Crippen molar-refractivity contribution < 1.29 is 16.8 Å². The van der Waals surface area contributed by atoms with Crippen molar-refractivity contribution in [3.8, 4) is 0 Å². The average Bonchev–Trinajstić information content (AvgIpc) is 2.54.